The summed E-state index contributed by atoms with van der Waals surface area (Å²) in [7, 11) is 0. The Balaban J connectivity index is 2.06. The second-order valence-electron chi connectivity index (χ2n) is 6.26. The zero-order valence-electron chi connectivity index (χ0n) is 12.9. The van der Waals surface area contributed by atoms with Gasteiger partial charge in [-0.15, -0.1) is 0 Å². The Kier molecular flexibility index (Phi) is 6.38. The third kappa shape index (κ3) is 4.49. The zero-order chi connectivity index (χ0) is 14.4. The fourth-order valence-corrected chi connectivity index (χ4v) is 3.43. The summed E-state index contributed by atoms with van der Waals surface area (Å²) in [6.07, 6.45) is 9.52. The normalized spacial score (nSPS) is 18.1. The van der Waals surface area contributed by atoms with E-state index in [9.17, 15) is 0 Å². The number of halogens is 1. The highest BCUT2D eigenvalue weighted by molar-refractivity contribution is 6.31. The standard InChI is InChI=1S/C18H28ClN/c1-3-11-20-18(12-15-7-5-4-6-8-15)16-10-9-14(2)17(19)13-16/h9-10,13,15,18,20H,3-8,11-12H2,1-2H3. The molecule has 20 heavy (non-hydrogen) atoms. The zero-order valence-corrected chi connectivity index (χ0v) is 13.7. The lowest BCUT2D eigenvalue weighted by molar-refractivity contribution is 0.300. The van der Waals surface area contributed by atoms with Crippen molar-refractivity contribution in [3.05, 3.63) is 34.3 Å². The van der Waals surface area contributed by atoms with Gasteiger partial charge in [-0.25, -0.2) is 0 Å². The molecule has 0 heterocycles. The van der Waals surface area contributed by atoms with Gasteiger partial charge in [0.05, 0.1) is 0 Å². The van der Waals surface area contributed by atoms with Crippen molar-refractivity contribution in [3.8, 4) is 0 Å². The molecule has 1 aromatic rings. The molecule has 0 spiro atoms. The van der Waals surface area contributed by atoms with Crippen LogP contribution in [0.25, 0.3) is 0 Å². The van der Waals surface area contributed by atoms with Crippen LogP contribution in [-0.2, 0) is 0 Å². The first-order valence-electron chi connectivity index (χ1n) is 8.20. The van der Waals surface area contributed by atoms with Gasteiger partial charge in [0.1, 0.15) is 0 Å². The third-order valence-electron chi connectivity index (χ3n) is 4.53. The summed E-state index contributed by atoms with van der Waals surface area (Å²) >= 11 is 6.31. The minimum Gasteiger partial charge on any atom is -0.310 e. The maximum absolute atomic E-state index is 6.31. The monoisotopic (exact) mass is 293 g/mol. The third-order valence-corrected chi connectivity index (χ3v) is 4.94. The van der Waals surface area contributed by atoms with Crippen molar-refractivity contribution in [1.82, 2.24) is 5.32 Å². The van der Waals surface area contributed by atoms with Crippen molar-refractivity contribution < 1.29 is 0 Å². The molecular formula is C18H28ClN. The lowest BCUT2D eigenvalue weighted by Crippen LogP contribution is -2.25. The molecule has 112 valence electrons. The van der Waals surface area contributed by atoms with Crippen LogP contribution in [0.2, 0.25) is 5.02 Å². The van der Waals surface area contributed by atoms with Crippen LogP contribution in [0.5, 0.6) is 0 Å². The van der Waals surface area contributed by atoms with Gasteiger partial charge in [-0.3, -0.25) is 0 Å². The van der Waals surface area contributed by atoms with Gasteiger partial charge in [-0.05, 0) is 49.4 Å². The molecular weight excluding hydrogens is 266 g/mol. The van der Waals surface area contributed by atoms with Crippen LogP contribution >= 0.6 is 11.6 Å². The molecule has 0 aromatic heterocycles. The van der Waals surface area contributed by atoms with Crippen LogP contribution in [0.3, 0.4) is 0 Å². The van der Waals surface area contributed by atoms with E-state index in [0.29, 0.717) is 6.04 Å². The highest BCUT2D eigenvalue weighted by Crippen LogP contribution is 2.33. The highest BCUT2D eigenvalue weighted by Gasteiger charge is 2.20. The van der Waals surface area contributed by atoms with Crippen molar-refractivity contribution in [1.29, 1.82) is 0 Å². The molecule has 1 saturated carbocycles. The largest absolute Gasteiger partial charge is 0.310 e. The van der Waals surface area contributed by atoms with Crippen molar-refractivity contribution in [2.24, 2.45) is 5.92 Å². The van der Waals surface area contributed by atoms with E-state index in [1.807, 2.05) is 0 Å². The van der Waals surface area contributed by atoms with Gasteiger partial charge in [0.15, 0.2) is 0 Å². The van der Waals surface area contributed by atoms with Crippen LogP contribution in [0.1, 0.15) is 69.0 Å². The van der Waals surface area contributed by atoms with E-state index in [0.717, 1.165) is 17.5 Å². The molecule has 1 N–H and O–H groups in total. The Morgan fingerprint density at radius 3 is 2.65 bits per heavy atom. The van der Waals surface area contributed by atoms with E-state index >= 15 is 0 Å². The first-order valence-corrected chi connectivity index (χ1v) is 8.58. The number of benzene rings is 1. The molecule has 1 aromatic carbocycles. The van der Waals surface area contributed by atoms with Crippen molar-refractivity contribution in [3.63, 3.8) is 0 Å². The van der Waals surface area contributed by atoms with E-state index in [4.69, 9.17) is 11.6 Å². The summed E-state index contributed by atoms with van der Waals surface area (Å²) in [6, 6.07) is 7.03. The molecule has 0 saturated heterocycles. The average Bonchev–Trinajstić information content (AvgIpc) is 2.47. The van der Waals surface area contributed by atoms with Gasteiger partial charge in [0, 0.05) is 11.1 Å². The van der Waals surface area contributed by atoms with Crippen LogP contribution in [0.4, 0.5) is 0 Å². The number of nitrogens with one attached hydrogen (secondary N) is 1. The van der Waals surface area contributed by atoms with E-state index in [-0.39, 0.29) is 0 Å². The van der Waals surface area contributed by atoms with Gasteiger partial charge in [-0.2, -0.15) is 0 Å². The maximum atomic E-state index is 6.31. The molecule has 1 aliphatic rings. The molecule has 1 fully saturated rings. The second-order valence-corrected chi connectivity index (χ2v) is 6.66. The quantitative estimate of drug-likeness (QED) is 0.713. The van der Waals surface area contributed by atoms with Crippen LogP contribution in [0, 0.1) is 12.8 Å². The predicted molar refractivity (Wildman–Crippen MR) is 88.4 cm³/mol. The molecule has 0 radical (unpaired) electrons. The smallest absolute Gasteiger partial charge is 0.0438 e. The van der Waals surface area contributed by atoms with Gasteiger partial charge < -0.3 is 5.32 Å². The molecule has 0 bridgehead atoms. The van der Waals surface area contributed by atoms with Crippen molar-refractivity contribution in [2.45, 2.75) is 64.8 Å². The van der Waals surface area contributed by atoms with Crippen molar-refractivity contribution in [2.75, 3.05) is 6.54 Å². The number of hydrogen-bond donors (Lipinski definition) is 1. The Labute approximate surface area is 129 Å². The Hall–Kier alpha value is -0.530. The molecule has 1 aliphatic carbocycles. The summed E-state index contributed by atoms with van der Waals surface area (Å²) in [4.78, 5) is 0. The van der Waals surface area contributed by atoms with Gasteiger partial charge in [0.2, 0.25) is 0 Å². The summed E-state index contributed by atoms with van der Waals surface area (Å²) in [6.45, 7) is 5.39. The summed E-state index contributed by atoms with van der Waals surface area (Å²) < 4.78 is 0. The van der Waals surface area contributed by atoms with Crippen LogP contribution in [0.15, 0.2) is 18.2 Å². The minimum absolute atomic E-state index is 0.469. The number of hydrogen-bond acceptors (Lipinski definition) is 1. The number of rotatable bonds is 6. The lowest BCUT2D eigenvalue weighted by Gasteiger charge is -2.28. The minimum atomic E-state index is 0.469. The Bertz CT molecular complexity index is 410. The van der Waals surface area contributed by atoms with E-state index in [1.165, 1.54) is 56.1 Å². The van der Waals surface area contributed by atoms with Gasteiger partial charge in [0.25, 0.3) is 0 Å². The summed E-state index contributed by atoms with van der Waals surface area (Å²) in [5.74, 6) is 0.887. The van der Waals surface area contributed by atoms with Gasteiger partial charge >= 0.3 is 0 Å². The summed E-state index contributed by atoms with van der Waals surface area (Å²) in [5, 5.41) is 4.62. The predicted octanol–water partition coefficient (Wildman–Crippen LogP) is 5.66. The fourth-order valence-electron chi connectivity index (χ4n) is 3.24. The Morgan fingerprint density at radius 2 is 2.00 bits per heavy atom. The molecule has 1 unspecified atom stereocenters. The topological polar surface area (TPSA) is 12.0 Å². The summed E-state index contributed by atoms with van der Waals surface area (Å²) in [5.41, 5.74) is 2.53. The van der Waals surface area contributed by atoms with Crippen molar-refractivity contribution >= 4 is 11.6 Å². The molecule has 1 nitrogen and oxygen atoms in total. The molecule has 2 heteroatoms. The first kappa shape index (κ1) is 15.9. The molecule has 0 aliphatic heterocycles. The highest BCUT2D eigenvalue weighted by atomic mass is 35.5. The second kappa shape index (κ2) is 8.05. The molecule has 1 atom stereocenters. The average molecular weight is 294 g/mol. The SMILES string of the molecule is CCCNC(CC1CCCCC1)c1ccc(C)c(Cl)c1. The van der Waals surface area contributed by atoms with Gasteiger partial charge in [-0.1, -0.05) is 62.8 Å². The fraction of sp³-hybridized carbons (Fsp3) is 0.667. The van der Waals surface area contributed by atoms with Crippen LogP contribution in [-0.4, -0.2) is 6.54 Å². The van der Waals surface area contributed by atoms with E-state index < -0.39 is 0 Å². The maximum Gasteiger partial charge on any atom is 0.0438 e. The van der Waals surface area contributed by atoms with E-state index in [1.54, 1.807) is 0 Å². The Morgan fingerprint density at radius 1 is 1.25 bits per heavy atom. The molecule has 2 rings (SSSR count). The number of aryl methyl sites for hydroxylation is 1. The van der Waals surface area contributed by atoms with Crippen LogP contribution < -0.4 is 5.32 Å². The first-order chi connectivity index (χ1) is 9.70. The molecule has 0 amide bonds. The lowest BCUT2D eigenvalue weighted by atomic mass is 9.83. The van der Waals surface area contributed by atoms with E-state index in [2.05, 4.69) is 37.4 Å².